The van der Waals surface area contributed by atoms with Crippen molar-refractivity contribution in [3.63, 3.8) is 0 Å². The minimum atomic E-state index is -0.228. The van der Waals surface area contributed by atoms with Crippen LogP contribution in [0.25, 0.3) is 66.6 Å². The molecule has 0 spiro atoms. The molecule has 1 nitrogen and oxygen atoms in total. The molecule has 0 aromatic heterocycles. The number of aryl methyl sites for hydroxylation is 1. The minimum Gasteiger partial charge on any atom is -0.299 e. The molecule has 0 N–H and O–H groups in total. The van der Waals surface area contributed by atoms with Gasteiger partial charge in [-0.05, 0) is 156 Å². The van der Waals surface area contributed by atoms with Crippen molar-refractivity contribution in [2.24, 2.45) is 0 Å². The fraction of sp³-hybridized carbons (Fsp3) is 0.293. The van der Waals surface area contributed by atoms with Crippen molar-refractivity contribution in [2.75, 3.05) is 6.26 Å². The zero-order chi connectivity index (χ0) is 42.7. The van der Waals surface area contributed by atoms with E-state index in [-0.39, 0.29) is 17.3 Å². The lowest BCUT2D eigenvalue weighted by Crippen LogP contribution is -2.27. The number of carbonyl (C=O) groups is 1. The van der Waals surface area contributed by atoms with Crippen molar-refractivity contribution >= 4 is 51.6 Å². The van der Waals surface area contributed by atoms with Gasteiger partial charge in [-0.1, -0.05) is 165 Å². The van der Waals surface area contributed by atoms with Gasteiger partial charge in [0.25, 0.3) is 0 Å². The molecular formula is C58H62OS. The smallest absolute Gasteiger partial charge is 0.145 e. The second-order valence-electron chi connectivity index (χ2n) is 16.1. The molecule has 2 bridgehead atoms. The molecule has 6 aromatic rings. The Kier molecular flexibility index (Phi) is 13.0. The first-order chi connectivity index (χ1) is 29.4. The number of hydrogen-bond acceptors (Lipinski definition) is 2. The summed E-state index contributed by atoms with van der Waals surface area (Å²) in [4.78, 5) is 13.8. The van der Waals surface area contributed by atoms with Crippen LogP contribution in [0.5, 0.6) is 0 Å². The average Bonchev–Trinajstić information content (AvgIpc) is 3.55. The van der Waals surface area contributed by atoms with E-state index in [1.165, 1.54) is 99.5 Å². The Bertz CT molecular complexity index is 2710. The van der Waals surface area contributed by atoms with Crippen molar-refractivity contribution in [3.8, 4) is 33.4 Å². The molecule has 306 valence electrons. The van der Waals surface area contributed by atoms with E-state index < -0.39 is 0 Å². The van der Waals surface area contributed by atoms with Crippen molar-refractivity contribution in [2.45, 2.75) is 105 Å². The van der Waals surface area contributed by atoms with Gasteiger partial charge in [0.1, 0.15) is 5.78 Å². The minimum absolute atomic E-state index is 0.0172. The average molecular weight is 807 g/mol. The summed E-state index contributed by atoms with van der Waals surface area (Å²) in [6.45, 7) is 16.8. The van der Waals surface area contributed by atoms with E-state index in [2.05, 4.69) is 160 Å². The lowest BCUT2D eigenvalue weighted by Gasteiger charge is -2.37. The largest absolute Gasteiger partial charge is 0.299 e. The second-order valence-corrected chi connectivity index (χ2v) is 16.1. The molecule has 12 rings (SSSR count). The molecule has 6 aromatic carbocycles. The van der Waals surface area contributed by atoms with Crippen LogP contribution in [0, 0.1) is 0 Å². The van der Waals surface area contributed by atoms with E-state index in [1.54, 1.807) is 6.26 Å². The Balaban J connectivity index is 0.000000645. The number of hydrogen-bond donors (Lipinski definition) is 1. The predicted octanol–water partition coefficient (Wildman–Crippen LogP) is 16.7. The lowest BCUT2D eigenvalue weighted by molar-refractivity contribution is -0.120. The molecule has 0 saturated carbocycles. The Morgan fingerprint density at radius 1 is 0.600 bits per heavy atom. The summed E-state index contributed by atoms with van der Waals surface area (Å²) < 4.78 is 0. The van der Waals surface area contributed by atoms with Gasteiger partial charge in [-0.2, -0.15) is 12.6 Å². The van der Waals surface area contributed by atoms with Crippen molar-refractivity contribution in [1.82, 2.24) is 0 Å². The summed E-state index contributed by atoms with van der Waals surface area (Å²) >= 11 is 3.53. The molecule has 6 aliphatic carbocycles. The first-order valence-corrected chi connectivity index (χ1v) is 23.5. The van der Waals surface area contributed by atoms with Gasteiger partial charge in [-0.25, -0.2) is 0 Å². The highest BCUT2D eigenvalue weighted by Gasteiger charge is 2.41. The van der Waals surface area contributed by atoms with Crippen molar-refractivity contribution < 1.29 is 4.79 Å². The van der Waals surface area contributed by atoms with Crippen LogP contribution in [-0.4, -0.2) is 12.0 Å². The summed E-state index contributed by atoms with van der Waals surface area (Å²) in [6, 6.07) is 36.9. The molecule has 0 saturated heterocycles. The van der Waals surface area contributed by atoms with Crippen LogP contribution < -0.4 is 0 Å². The SMILES string of the molecule is CC.CC.CC.CC1(C)C2=C(CCC=C2)c2ccc(-c3ccc4c(-c5ccc6ccccc6c5)c5c(c(-c6ccc7c(c6)C=CCC7)c4c3)C3C=CC5C(=O)C3)cc21.CS. The Morgan fingerprint density at radius 2 is 1.25 bits per heavy atom. The van der Waals surface area contributed by atoms with Crippen molar-refractivity contribution in [1.29, 1.82) is 0 Å². The first kappa shape index (κ1) is 42.9. The van der Waals surface area contributed by atoms with E-state index >= 15 is 0 Å². The summed E-state index contributed by atoms with van der Waals surface area (Å²) in [5.74, 6) is 0.171. The van der Waals surface area contributed by atoms with Crippen LogP contribution in [0.3, 0.4) is 0 Å². The van der Waals surface area contributed by atoms with Crippen LogP contribution >= 0.6 is 12.6 Å². The number of benzene rings is 6. The summed E-state index contributed by atoms with van der Waals surface area (Å²) in [6.07, 6.45) is 20.5. The standard InChI is InChI=1S/C51H40O.3C2H6.CH4S/c1-51(2)44-14-8-7-13-39(44)40-22-19-35(28-45(40)51)34-20-23-41-43(27-34)48(37-18-16-31-10-4-6-12-33(31)26-37)49-38-21-24-42(46(52)29-38)50(49)47(41)36-17-15-30-9-3-5-11-32(30)25-36;4*1-2/h3,5-6,8-9,11-12,14-28,38,42H,4,7,10,13,29H2,1-2H3;3*1-2H3;2H,1H3. The third-order valence-corrected chi connectivity index (χ3v) is 12.9. The van der Waals surface area contributed by atoms with E-state index in [0.717, 1.165) is 25.7 Å². The third-order valence-electron chi connectivity index (χ3n) is 12.9. The number of allylic oxidation sites excluding steroid dienone is 7. The van der Waals surface area contributed by atoms with Gasteiger partial charge in [-0.3, -0.25) is 4.79 Å². The van der Waals surface area contributed by atoms with E-state index in [1.807, 2.05) is 41.5 Å². The quantitative estimate of drug-likeness (QED) is 0.139. The zero-order valence-corrected chi connectivity index (χ0v) is 38.1. The number of thiol groups is 1. The van der Waals surface area contributed by atoms with Gasteiger partial charge in [0.2, 0.25) is 0 Å². The van der Waals surface area contributed by atoms with Gasteiger partial charge >= 0.3 is 0 Å². The molecule has 0 radical (unpaired) electrons. The fourth-order valence-electron chi connectivity index (χ4n) is 10.4. The van der Waals surface area contributed by atoms with Gasteiger partial charge in [0.15, 0.2) is 0 Å². The highest BCUT2D eigenvalue weighted by atomic mass is 32.1. The summed E-state index contributed by atoms with van der Waals surface area (Å²) in [7, 11) is 0. The van der Waals surface area contributed by atoms with E-state index in [9.17, 15) is 4.79 Å². The maximum absolute atomic E-state index is 13.8. The predicted molar refractivity (Wildman–Crippen MR) is 267 cm³/mol. The van der Waals surface area contributed by atoms with Crippen LogP contribution in [-0.2, 0) is 16.6 Å². The van der Waals surface area contributed by atoms with E-state index in [0.29, 0.717) is 12.2 Å². The Labute approximate surface area is 365 Å². The Morgan fingerprint density at radius 3 is 2.03 bits per heavy atom. The Hall–Kier alpha value is -5.18. The topological polar surface area (TPSA) is 17.1 Å². The van der Waals surface area contributed by atoms with Crippen LogP contribution in [0.1, 0.15) is 126 Å². The van der Waals surface area contributed by atoms with Gasteiger partial charge in [0, 0.05) is 17.8 Å². The number of carbonyl (C=O) groups excluding carboxylic acids is 1. The summed E-state index contributed by atoms with van der Waals surface area (Å²) in [5, 5.41) is 4.94. The molecular weight excluding hydrogens is 745 g/mol. The second kappa shape index (κ2) is 18.2. The van der Waals surface area contributed by atoms with Crippen LogP contribution in [0.15, 0.2) is 133 Å². The highest BCUT2D eigenvalue weighted by Crippen LogP contribution is 2.56. The van der Waals surface area contributed by atoms with Crippen LogP contribution in [0.2, 0.25) is 0 Å². The van der Waals surface area contributed by atoms with Crippen LogP contribution in [0.4, 0.5) is 0 Å². The molecule has 0 heterocycles. The molecule has 60 heavy (non-hydrogen) atoms. The third kappa shape index (κ3) is 7.15. The maximum atomic E-state index is 13.8. The molecule has 2 heteroatoms. The van der Waals surface area contributed by atoms with E-state index in [4.69, 9.17) is 0 Å². The lowest BCUT2D eigenvalue weighted by atomic mass is 9.65. The molecule has 0 fully saturated rings. The first-order valence-electron chi connectivity index (χ1n) is 22.6. The number of fused-ring (bicyclic) bond motifs is 6. The van der Waals surface area contributed by atoms with Gasteiger partial charge < -0.3 is 0 Å². The molecule has 0 aliphatic heterocycles. The summed E-state index contributed by atoms with van der Waals surface area (Å²) in [5.41, 5.74) is 18.6. The fourth-order valence-corrected chi connectivity index (χ4v) is 10.4. The monoisotopic (exact) mass is 806 g/mol. The van der Waals surface area contributed by atoms with Gasteiger partial charge in [-0.15, -0.1) is 0 Å². The number of Topliss-reactive ketones (excluding diaryl/α,β-unsaturated/α-hetero) is 1. The molecule has 2 unspecified atom stereocenters. The molecule has 0 amide bonds. The number of rotatable bonds is 3. The van der Waals surface area contributed by atoms with Crippen molar-refractivity contribution in [3.05, 3.63) is 166 Å². The van der Waals surface area contributed by atoms with Gasteiger partial charge in [0.05, 0.1) is 5.92 Å². The normalized spacial score (nSPS) is 18.1. The number of ketones is 1. The molecule has 2 atom stereocenters. The zero-order valence-electron chi connectivity index (χ0n) is 37.2. The highest BCUT2D eigenvalue weighted by molar-refractivity contribution is 7.79. The maximum Gasteiger partial charge on any atom is 0.145 e. The molecule has 6 aliphatic rings.